The number of piperidine rings is 1. The molecule has 6 heteroatoms. The van der Waals surface area contributed by atoms with Gasteiger partial charge in [-0.15, -0.1) is 0 Å². The number of likely N-dealkylation sites (tertiary alicyclic amines) is 1. The highest BCUT2D eigenvalue weighted by molar-refractivity contribution is 5.83. The van der Waals surface area contributed by atoms with Gasteiger partial charge in [-0.05, 0) is 105 Å². The van der Waals surface area contributed by atoms with Gasteiger partial charge in [-0.25, -0.2) is 0 Å². The van der Waals surface area contributed by atoms with Crippen LogP contribution in [0.4, 0.5) is 0 Å². The Morgan fingerprint density at radius 1 is 1.18 bits per heavy atom. The maximum atomic E-state index is 11.3. The molecule has 0 bridgehead atoms. The van der Waals surface area contributed by atoms with Crippen LogP contribution in [-0.4, -0.2) is 47.7 Å². The van der Waals surface area contributed by atoms with E-state index < -0.39 is 5.97 Å². The molecule has 1 N–H and O–H groups in total. The summed E-state index contributed by atoms with van der Waals surface area (Å²) in [6.07, 6.45) is 11.1. The normalized spacial score (nSPS) is 18.9. The molecule has 3 aromatic rings. The molecule has 1 aliphatic heterocycles. The fourth-order valence-corrected chi connectivity index (χ4v) is 5.39. The highest BCUT2D eigenvalue weighted by Gasteiger charge is 2.29. The molecule has 0 aliphatic carbocycles. The maximum Gasteiger partial charge on any atom is 0.303 e. The zero-order valence-corrected chi connectivity index (χ0v) is 20.1. The van der Waals surface area contributed by atoms with Crippen LogP contribution in [0, 0.1) is 11.8 Å². The van der Waals surface area contributed by atoms with Crippen LogP contribution in [0.15, 0.2) is 53.3 Å². The summed E-state index contributed by atoms with van der Waals surface area (Å²) in [5, 5.41) is 10.4. The molecule has 1 aliphatic rings. The molecule has 1 aromatic carbocycles. The molecule has 4 rings (SSSR count). The Morgan fingerprint density at radius 3 is 2.88 bits per heavy atom. The summed E-state index contributed by atoms with van der Waals surface area (Å²) in [6.45, 7) is 3.15. The molecule has 0 saturated carbocycles. The van der Waals surface area contributed by atoms with Gasteiger partial charge >= 0.3 is 5.97 Å². The molecule has 1 fully saturated rings. The Labute approximate surface area is 201 Å². The smallest absolute Gasteiger partial charge is 0.303 e. The lowest BCUT2D eigenvalue weighted by Crippen LogP contribution is -2.41. The first-order valence-corrected chi connectivity index (χ1v) is 12.5. The SMILES string of the molecule is COc1ccc2nccc(CCC[C@@H]3CCN(CCCc4ccco4)C[C@@H]3CCC(=O)O)c2c1. The molecule has 182 valence electrons. The van der Waals surface area contributed by atoms with Crippen molar-refractivity contribution >= 4 is 16.9 Å². The number of hydrogen-bond acceptors (Lipinski definition) is 5. The summed E-state index contributed by atoms with van der Waals surface area (Å²) in [6, 6.07) is 12.1. The summed E-state index contributed by atoms with van der Waals surface area (Å²) in [5.74, 6) is 2.24. The number of methoxy groups -OCH3 is 1. The van der Waals surface area contributed by atoms with Crippen molar-refractivity contribution in [2.24, 2.45) is 11.8 Å². The number of aromatic nitrogens is 1. The maximum absolute atomic E-state index is 11.3. The van der Waals surface area contributed by atoms with E-state index >= 15 is 0 Å². The second-order valence-corrected chi connectivity index (χ2v) is 9.47. The van der Waals surface area contributed by atoms with Crippen LogP contribution in [0.1, 0.15) is 49.8 Å². The Bertz CT molecular complexity index is 1050. The fraction of sp³-hybridized carbons (Fsp3) is 0.500. The zero-order chi connectivity index (χ0) is 23.8. The second-order valence-electron chi connectivity index (χ2n) is 9.47. The number of benzene rings is 1. The molecule has 0 spiro atoms. The van der Waals surface area contributed by atoms with Gasteiger partial charge in [0.2, 0.25) is 0 Å². The van der Waals surface area contributed by atoms with Crippen LogP contribution < -0.4 is 4.74 Å². The molecule has 0 radical (unpaired) electrons. The van der Waals surface area contributed by atoms with Crippen molar-refractivity contribution in [1.82, 2.24) is 9.88 Å². The van der Waals surface area contributed by atoms with Crippen LogP contribution in [0.3, 0.4) is 0 Å². The largest absolute Gasteiger partial charge is 0.497 e. The third-order valence-corrected chi connectivity index (χ3v) is 7.24. The fourth-order valence-electron chi connectivity index (χ4n) is 5.39. The number of carbonyl (C=O) groups is 1. The number of nitrogens with zero attached hydrogens (tertiary/aromatic N) is 2. The molecule has 34 heavy (non-hydrogen) atoms. The zero-order valence-electron chi connectivity index (χ0n) is 20.1. The van der Waals surface area contributed by atoms with Crippen LogP contribution >= 0.6 is 0 Å². The predicted molar refractivity (Wildman–Crippen MR) is 133 cm³/mol. The van der Waals surface area contributed by atoms with Gasteiger partial charge in [0.25, 0.3) is 0 Å². The lowest BCUT2D eigenvalue weighted by Gasteiger charge is -2.39. The van der Waals surface area contributed by atoms with Crippen molar-refractivity contribution in [3.05, 3.63) is 60.2 Å². The average Bonchev–Trinajstić information content (AvgIpc) is 3.37. The number of pyridine rings is 1. The number of aryl methyl sites for hydroxylation is 2. The van der Waals surface area contributed by atoms with Gasteiger partial charge in [-0.1, -0.05) is 0 Å². The molecule has 0 unspecified atom stereocenters. The van der Waals surface area contributed by atoms with Crippen LogP contribution in [0.2, 0.25) is 0 Å². The van der Waals surface area contributed by atoms with Crippen LogP contribution in [0.25, 0.3) is 10.9 Å². The van der Waals surface area contributed by atoms with E-state index in [0.717, 1.165) is 87.0 Å². The Kier molecular flexibility index (Phi) is 8.58. The lowest BCUT2D eigenvalue weighted by molar-refractivity contribution is -0.137. The number of furan rings is 1. The number of fused-ring (bicyclic) bond motifs is 1. The van der Waals surface area contributed by atoms with Gasteiger partial charge in [0, 0.05) is 31.0 Å². The molecular formula is C28H36N2O4. The van der Waals surface area contributed by atoms with E-state index in [4.69, 9.17) is 9.15 Å². The number of carboxylic acid groups (broad SMARTS) is 1. The summed E-state index contributed by atoms with van der Waals surface area (Å²) >= 11 is 0. The molecule has 1 saturated heterocycles. The van der Waals surface area contributed by atoms with Gasteiger partial charge in [0.05, 0.1) is 18.9 Å². The molecule has 2 aromatic heterocycles. The predicted octanol–water partition coefficient (Wildman–Crippen LogP) is 5.59. The Hall–Kier alpha value is -2.86. The minimum Gasteiger partial charge on any atom is -0.497 e. The Morgan fingerprint density at radius 2 is 2.09 bits per heavy atom. The van der Waals surface area contributed by atoms with E-state index in [2.05, 4.69) is 22.0 Å². The summed E-state index contributed by atoms with van der Waals surface area (Å²) in [5.41, 5.74) is 2.31. The Balaban J connectivity index is 1.32. The molecule has 0 amide bonds. The third kappa shape index (κ3) is 6.60. The minimum atomic E-state index is -0.689. The monoisotopic (exact) mass is 464 g/mol. The summed E-state index contributed by atoms with van der Waals surface area (Å²) in [4.78, 5) is 18.3. The average molecular weight is 465 g/mol. The third-order valence-electron chi connectivity index (χ3n) is 7.24. The van der Waals surface area contributed by atoms with E-state index in [1.54, 1.807) is 13.4 Å². The quantitative estimate of drug-likeness (QED) is 0.376. The number of ether oxygens (including phenoxy) is 1. The van der Waals surface area contributed by atoms with Gasteiger partial charge in [0.15, 0.2) is 0 Å². The van der Waals surface area contributed by atoms with E-state index in [1.165, 1.54) is 5.56 Å². The van der Waals surface area contributed by atoms with Crippen molar-refractivity contribution in [2.45, 2.75) is 51.4 Å². The lowest BCUT2D eigenvalue weighted by atomic mass is 9.79. The van der Waals surface area contributed by atoms with Crippen molar-refractivity contribution in [2.75, 3.05) is 26.7 Å². The summed E-state index contributed by atoms with van der Waals surface area (Å²) in [7, 11) is 1.69. The van der Waals surface area contributed by atoms with Crippen molar-refractivity contribution in [3.8, 4) is 5.75 Å². The molecular weight excluding hydrogens is 428 g/mol. The minimum absolute atomic E-state index is 0.260. The number of aliphatic carboxylic acids is 1. The van der Waals surface area contributed by atoms with Crippen LogP contribution in [-0.2, 0) is 17.6 Å². The van der Waals surface area contributed by atoms with Crippen molar-refractivity contribution in [3.63, 3.8) is 0 Å². The first-order chi connectivity index (χ1) is 16.6. The topological polar surface area (TPSA) is 75.8 Å². The highest BCUT2D eigenvalue weighted by Crippen LogP contribution is 2.32. The van der Waals surface area contributed by atoms with Gasteiger partial charge < -0.3 is 19.2 Å². The number of hydrogen-bond donors (Lipinski definition) is 1. The summed E-state index contributed by atoms with van der Waals surface area (Å²) < 4.78 is 10.9. The van der Waals surface area contributed by atoms with Crippen molar-refractivity contribution < 1.29 is 19.1 Å². The molecule has 6 nitrogen and oxygen atoms in total. The van der Waals surface area contributed by atoms with Gasteiger partial charge in [-0.3, -0.25) is 9.78 Å². The van der Waals surface area contributed by atoms with E-state index in [0.29, 0.717) is 11.8 Å². The van der Waals surface area contributed by atoms with E-state index in [1.807, 2.05) is 30.5 Å². The number of rotatable bonds is 12. The van der Waals surface area contributed by atoms with E-state index in [9.17, 15) is 9.90 Å². The number of carboxylic acids is 1. The molecule has 3 heterocycles. The van der Waals surface area contributed by atoms with Crippen LogP contribution in [0.5, 0.6) is 5.75 Å². The highest BCUT2D eigenvalue weighted by atomic mass is 16.5. The molecule has 2 atom stereocenters. The van der Waals surface area contributed by atoms with Gasteiger partial charge in [0.1, 0.15) is 11.5 Å². The first-order valence-electron chi connectivity index (χ1n) is 12.5. The van der Waals surface area contributed by atoms with Crippen molar-refractivity contribution in [1.29, 1.82) is 0 Å². The second kappa shape index (κ2) is 12.0. The standard InChI is InChI=1S/C28H36N2O4/c1-33-25-10-11-27-26(19-25)22(13-15-29-27)6-2-5-21-14-17-30(20-23(21)9-12-28(31)32)16-3-7-24-8-4-18-34-24/h4,8,10-11,13,15,18-19,21,23H,2-3,5-7,9,12,14,16-17,20H2,1H3,(H,31,32)/t21-,23+/m1/s1. The van der Waals surface area contributed by atoms with E-state index in [-0.39, 0.29) is 6.42 Å². The first kappa shape index (κ1) is 24.3. The van der Waals surface area contributed by atoms with Gasteiger partial charge in [-0.2, -0.15) is 0 Å².